The third kappa shape index (κ3) is 7.32. The maximum atomic E-state index is 13.3. The Kier molecular flexibility index (Phi) is 10.0. The molecule has 6 aliphatic rings. The van der Waals surface area contributed by atoms with Crippen molar-refractivity contribution in [1.29, 1.82) is 0 Å². The molecule has 7 rings (SSSR count). The minimum absolute atomic E-state index is 0.111. The van der Waals surface area contributed by atoms with E-state index >= 15 is 0 Å². The Morgan fingerprint density at radius 3 is 2.04 bits per heavy atom. The summed E-state index contributed by atoms with van der Waals surface area (Å²) < 4.78 is 0. The number of likely N-dealkylation sites (tertiary alicyclic amines) is 3. The van der Waals surface area contributed by atoms with Crippen LogP contribution in [0.1, 0.15) is 106 Å². The van der Waals surface area contributed by atoms with E-state index in [0.29, 0.717) is 24.6 Å². The van der Waals surface area contributed by atoms with Gasteiger partial charge < -0.3 is 24.5 Å². The minimum atomic E-state index is -0.570. The first-order valence-corrected chi connectivity index (χ1v) is 18.7. The van der Waals surface area contributed by atoms with Crippen LogP contribution >= 0.6 is 0 Å². The number of carbonyl (C=O) groups is 4. The Hall–Kier alpha value is -3.14. The number of urea groups is 1. The monoisotopic (exact) mass is 646 g/mol. The molecule has 0 aromatic heterocycles. The van der Waals surface area contributed by atoms with Gasteiger partial charge in [-0.05, 0) is 106 Å². The van der Waals surface area contributed by atoms with Crippen LogP contribution in [0.3, 0.4) is 0 Å². The Morgan fingerprint density at radius 2 is 1.38 bits per heavy atom. The smallest absolute Gasteiger partial charge is 0.319 e. The summed E-state index contributed by atoms with van der Waals surface area (Å²) in [5, 5.41) is 2.38. The van der Waals surface area contributed by atoms with Gasteiger partial charge in [-0.25, -0.2) is 4.79 Å². The van der Waals surface area contributed by atoms with Crippen molar-refractivity contribution in [2.45, 2.75) is 109 Å². The minimum Gasteiger partial charge on any atom is -0.372 e. The number of rotatable bonds is 7. The Bertz CT molecular complexity index is 1310. The fourth-order valence-corrected chi connectivity index (χ4v) is 9.25. The van der Waals surface area contributed by atoms with Crippen LogP contribution in [0, 0.1) is 11.8 Å². The van der Waals surface area contributed by atoms with Gasteiger partial charge in [0.05, 0.1) is 0 Å². The fourth-order valence-electron chi connectivity index (χ4n) is 9.25. The average molecular weight is 647 g/mol. The van der Waals surface area contributed by atoms with Crippen LogP contribution in [0.2, 0.25) is 0 Å². The first-order chi connectivity index (χ1) is 22.9. The van der Waals surface area contributed by atoms with Crippen molar-refractivity contribution in [3.63, 3.8) is 0 Å². The number of carbonyl (C=O) groups excluding carboxylic acids is 4. The van der Waals surface area contributed by atoms with Gasteiger partial charge in [-0.2, -0.15) is 0 Å². The zero-order chi connectivity index (χ0) is 32.3. The van der Waals surface area contributed by atoms with Crippen LogP contribution in [0.15, 0.2) is 18.2 Å². The van der Waals surface area contributed by atoms with Crippen LogP contribution in [0.4, 0.5) is 10.5 Å². The normalized spacial score (nSPS) is 25.8. The third-order valence-corrected chi connectivity index (χ3v) is 12.2. The number of hydrogen-bond acceptors (Lipinski definition) is 6. The van der Waals surface area contributed by atoms with E-state index in [1.807, 2.05) is 6.07 Å². The van der Waals surface area contributed by atoms with E-state index in [2.05, 4.69) is 37.0 Å². The van der Waals surface area contributed by atoms with Crippen molar-refractivity contribution in [3.8, 4) is 0 Å². The maximum Gasteiger partial charge on any atom is 0.319 e. The number of hydrogen-bond donors (Lipinski definition) is 1. The molecule has 0 radical (unpaired) electrons. The molecule has 5 fully saturated rings. The predicted octanol–water partition coefficient (Wildman–Crippen LogP) is 4.62. The van der Waals surface area contributed by atoms with Crippen molar-refractivity contribution in [1.82, 2.24) is 24.9 Å². The summed E-state index contributed by atoms with van der Waals surface area (Å²) in [7, 11) is 0. The zero-order valence-electron chi connectivity index (χ0n) is 28.2. The van der Waals surface area contributed by atoms with Crippen molar-refractivity contribution < 1.29 is 19.2 Å². The molecule has 1 N–H and O–H groups in total. The SMILES string of the molecule is O=C1CCC(N2Cc3cc(N4CCC(CCCC5CCN(C(=O)N6CCC(N7CCCCC7)CC6)CC5)CC4)ccc3C2=O)C(=O)N1. The molecule has 10 heteroatoms. The van der Waals surface area contributed by atoms with E-state index < -0.39 is 6.04 Å². The Morgan fingerprint density at radius 1 is 0.745 bits per heavy atom. The highest BCUT2D eigenvalue weighted by Gasteiger charge is 2.39. The molecule has 1 aromatic carbocycles. The summed E-state index contributed by atoms with van der Waals surface area (Å²) in [6.07, 6.45) is 15.5. The van der Waals surface area contributed by atoms with Gasteiger partial charge in [0.15, 0.2) is 0 Å². The predicted molar refractivity (Wildman–Crippen MR) is 181 cm³/mol. The fraction of sp³-hybridized carbons (Fsp3) is 0.730. The number of fused-ring (bicyclic) bond motifs is 1. The third-order valence-electron chi connectivity index (χ3n) is 12.2. The molecular weight excluding hydrogens is 592 g/mol. The summed E-state index contributed by atoms with van der Waals surface area (Å²) in [5.74, 6) is 0.778. The number of imide groups is 1. The van der Waals surface area contributed by atoms with Crippen LogP contribution < -0.4 is 10.2 Å². The number of anilines is 1. The first kappa shape index (κ1) is 32.4. The molecule has 10 nitrogen and oxygen atoms in total. The topological polar surface area (TPSA) is 96.5 Å². The van der Waals surface area contributed by atoms with Gasteiger partial charge >= 0.3 is 6.03 Å². The largest absolute Gasteiger partial charge is 0.372 e. The second-order valence-electron chi connectivity index (χ2n) is 15.1. The van der Waals surface area contributed by atoms with Crippen LogP contribution in [-0.4, -0.2) is 108 Å². The lowest BCUT2D eigenvalue weighted by Crippen LogP contribution is -2.52. The van der Waals surface area contributed by atoms with E-state index in [9.17, 15) is 19.2 Å². The van der Waals surface area contributed by atoms with Crippen molar-refractivity contribution in [2.24, 2.45) is 11.8 Å². The number of amides is 5. The van der Waals surface area contributed by atoms with E-state index in [1.54, 1.807) is 4.90 Å². The van der Waals surface area contributed by atoms with Crippen molar-refractivity contribution in [3.05, 3.63) is 29.3 Å². The molecule has 6 aliphatic heterocycles. The molecular formula is C37H54N6O4. The lowest BCUT2D eigenvalue weighted by Gasteiger charge is -2.42. The maximum absolute atomic E-state index is 13.3. The molecule has 0 spiro atoms. The molecule has 5 saturated heterocycles. The average Bonchev–Trinajstić information content (AvgIpc) is 3.44. The molecule has 1 aromatic rings. The standard InChI is InChI=1S/C37H54N6O4/c44-34-10-9-33(35(45)38-34)43-26-29-25-31(7-8-32(29)36(43)46)40-19-11-27(12-20-40)5-4-6-28-13-21-41(22-14-28)37(47)42-23-15-30(16-24-42)39-17-2-1-3-18-39/h7-8,25,27-28,30,33H,1-6,9-24,26H2,(H,38,44,45). The second-order valence-corrected chi connectivity index (χ2v) is 15.1. The number of nitrogens with zero attached hydrogens (tertiary/aromatic N) is 5. The lowest BCUT2D eigenvalue weighted by molar-refractivity contribution is -0.136. The highest BCUT2D eigenvalue weighted by Crippen LogP contribution is 2.34. The Balaban J connectivity index is 0.793. The summed E-state index contributed by atoms with van der Waals surface area (Å²) in [4.78, 5) is 61.3. The summed E-state index contributed by atoms with van der Waals surface area (Å²) >= 11 is 0. The van der Waals surface area contributed by atoms with Gasteiger partial charge in [0.25, 0.3) is 5.91 Å². The number of piperidine rings is 5. The van der Waals surface area contributed by atoms with E-state index in [0.717, 1.165) is 88.0 Å². The molecule has 0 aliphatic carbocycles. The second kappa shape index (κ2) is 14.5. The van der Waals surface area contributed by atoms with E-state index in [-0.39, 0.29) is 30.2 Å². The van der Waals surface area contributed by atoms with Crippen LogP contribution in [-0.2, 0) is 16.1 Å². The molecule has 1 atom stereocenters. The summed E-state index contributed by atoms with van der Waals surface area (Å²) in [6, 6.07) is 6.51. The van der Waals surface area contributed by atoms with Crippen LogP contribution in [0.5, 0.6) is 0 Å². The van der Waals surface area contributed by atoms with Gasteiger partial charge in [0, 0.05) is 69.5 Å². The van der Waals surface area contributed by atoms with Gasteiger partial charge in [-0.3, -0.25) is 19.7 Å². The number of benzene rings is 1. The first-order valence-electron chi connectivity index (χ1n) is 18.7. The van der Waals surface area contributed by atoms with Gasteiger partial charge in [0.2, 0.25) is 11.8 Å². The quantitative estimate of drug-likeness (QED) is 0.435. The summed E-state index contributed by atoms with van der Waals surface area (Å²) in [5.41, 5.74) is 2.81. The Labute approximate surface area is 280 Å². The molecule has 1 unspecified atom stereocenters. The van der Waals surface area contributed by atoms with Gasteiger partial charge in [0.1, 0.15) is 6.04 Å². The van der Waals surface area contributed by atoms with Crippen LogP contribution in [0.25, 0.3) is 0 Å². The molecule has 0 bridgehead atoms. The molecule has 0 saturated carbocycles. The number of nitrogens with one attached hydrogen (secondary N) is 1. The lowest BCUT2D eigenvalue weighted by atomic mass is 9.86. The zero-order valence-corrected chi connectivity index (χ0v) is 28.2. The van der Waals surface area contributed by atoms with Gasteiger partial charge in [-0.1, -0.05) is 25.7 Å². The summed E-state index contributed by atoms with van der Waals surface area (Å²) in [6.45, 7) is 8.68. The van der Waals surface area contributed by atoms with Crippen molar-refractivity contribution >= 4 is 29.4 Å². The molecule has 6 heterocycles. The van der Waals surface area contributed by atoms with Gasteiger partial charge in [-0.15, -0.1) is 0 Å². The highest BCUT2D eigenvalue weighted by molar-refractivity contribution is 6.05. The highest BCUT2D eigenvalue weighted by atomic mass is 16.2. The molecule has 256 valence electrons. The van der Waals surface area contributed by atoms with E-state index in [1.165, 1.54) is 64.5 Å². The van der Waals surface area contributed by atoms with E-state index in [4.69, 9.17) is 0 Å². The molecule has 47 heavy (non-hydrogen) atoms. The van der Waals surface area contributed by atoms with Crippen molar-refractivity contribution in [2.75, 3.05) is 57.3 Å². The molecule has 5 amide bonds.